The lowest BCUT2D eigenvalue weighted by Gasteiger charge is -2.25. The number of nitrogens with zero attached hydrogens (tertiary/aromatic N) is 1. The zero-order chi connectivity index (χ0) is 14.7. The molecule has 104 valence electrons. The third-order valence-corrected chi connectivity index (χ3v) is 3.62. The highest BCUT2D eigenvalue weighted by molar-refractivity contribution is 9.10. The average molecular weight is 334 g/mol. The number of halogens is 1. The Labute approximate surface area is 127 Å². The Morgan fingerprint density at radius 2 is 1.95 bits per heavy atom. The van der Waals surface area contributed by atoms with Gasteiger partial charge in [-0.25, -0.2) is 4.79 Å². The maximum atomic E-state index is 11.2. The predicted molar refractivity (Wildman–Crippen MR) is 85.0 cm³/mol. The van der Waals surface area contributed by atoms with Crippen LogP contribution in [-0.2, 0) is 0 Å². The fourth-order valence-corrected chi connectivity index (χ4v) is 2.69. The Morgan fingerprint density at radius 3 is 2.55 bits per heavy atom. The number of carboxylic acid groups (broad SMARTS) is 1. The van der Waals surface area contributed by atoms with Crippen LogP contribution in [-0.4, -0.2) is 17.6 Å². The third kappa shape index (κ3) is 3.02. The highest BCUT2D eigenvalue weighted by Gasteiger charge is 2.13. The molecule has 0 aliphatic carbocycles. The highest BCUT2D eigenvalue weighted by Crippen LogP contribution is 2.31. The molecule has 4 heteroatoms. The molecule has 2 aromatic rings. The van der Waals surface area contributed by atoms with E-state index in [2.05, 4.69) is 20.8 Å². The molecule has 0 amide bonds. The molecule has 0 spiro atoms. The number of benzene rings is 2. The topological polar surface area (TPSA) is 40.5 Å². The summed E-state index contributed by atoms with van der Waals surface area (Å²) in [7, 11) is 0. The number of carboxylic acids is 1. The Bertz CT molecular complexity index is 640. The summed E-state index contributed by atoms with van der Waals surface area (Å²) in [4.78, 5) is 13.3. The summed E-state index contributed by atoms with van der Waals surface area (Å²) in [6.45, 7) is 4.86. The summed E-state index contributed by atoms with van der Waals surface area (Å²) in [6.07, 6.45) is 0. The molecule has 0 fully saturated rings. The molecule has 1 N–H and O–H groups in total. The molecular formula is C16H16BrNO2. The molecular weight excluding hydrogens is 318 g/mol. The third-order valence-electron chi connectivity index (χ3n) is 3.16. The summed E-state index contributed by atoms with van der Waals surface area (Å²) in [6, 6.07) is 13.3. The van der Waals surface area contributed by atoms with E-state index in [-0.39, 0.29) is 5.56 Å². The van der Waals surface area contributed by atoms with Gasteiger partial charge in [0.05, 0.1) is 5.56 Å². The molecule has 0 bridgehead atoms. The van der Waals surface area contributed by atoms with E-state index in [1.807, 2.05) is 44.2 Å². The second-order valence-corrected chi connectivity index (χ2v) is 5.45. The van der Waals surface area contributed by atoms with Crippen LogP contribution in [0.5, 0.6) is 0 Å². The van der Waals surface area contributed by atoms with Crippen LogP contribution in [0.25, 0.3) is 0 Å². The van der Waals surface area contributed by atoms with Gasteiger partial charge >= 0.3 is 5.97 Å². The Kier molecular flexibility index (Phi) is 4.45. The van der Waals surface area contributed by atoms with E-state index in [1.54, 1.807) is 12.1 Å². The number of aryl methyl sites for hydroxylation is 1. The summed E-state index contributed by atoms with van der Waals surface area (Å²) >= 11 is 3.38. The van der Waals surface area contributed by atoms with Gasteiger partial charge in [-0.1, -0.05) is 34.1 Å². The van der Waals surface area contributed by atoms with E-state index in [0.717, 1.165) is 28.0 Å². The Hall–Kier alpha value is -1.81. The quantitative estimate of drug-likeness (QED) is 0.887. The van der Waals surface area contributed by atoms with E-state index < -0.39 is 5.97 Å². The van der Waals surface area contributed by atoms with Crippen molar-refractivity contribution in [3.63, 3.8) is 0 Å². The van der Waals surface area contributed by atoms with Crippen molar-refractivity contribution in [2.75, 3.05) is 11.4 Å². The molecule has 20 heavy (non-hydrogen) atoms. The van der Waals surface area contributed by atoms with E-state index in [9.17, 15) is 9.90 Å². The SMILES string of the molecule is CCN(c1cc(Br)cc(C(=O)O)c1)c1ccccc1C. The molecule has 2 rings (SSSR count). The van der Waals surface area contributed by atoms with Crippen LogP contribution in [0, 0.1) is 6.92 Å². The number of carbonyl (C=O) groups is 1. The first-order chi connectivity index (χ1) is 9.52. The summed E-state index contributed by atoms with van der Waals surface area (Å²) < 4.78 is 0.763. The zero-order valence-corrected chi connectivity index (χ0v) is 13.0. The molecule has 0 saturated carbocycles. The summed E-state index contributed by atoms with van der Waals surface area (Å²) in [5.74, 6) is -0.923. The maximum Gasteiger partial charge on any atom is 0.335 e. The van der Waals surface area contributed by atoms with Gasteiger partial charge in [-0.2, -0.15) is 0 Å². The van der Waals surface area contributed by atoms with Crippen molar-refractivity contribution in [1.29, 1.82) is 0 Å². The van der Waals surface area contributed by atoms with Crippen molar-refractivity contribution in [1.82, 2.24) is 0 Å². The van der Waals surface area contributed by atoms with Gasteiger partial charge in [0, 0.05) is 22.4 Å². The first-order valence-electron chi connectivity index (χ1n) is 6.40. The van der Waals surface area contributed by atoms with Crippen molar-refractivity contribution in [3.8, 4) is 0 Å². The second kappa shape index (κ2) is 6.09. The van der Waals surface area contributed by atoms with Crippen molar-refractivity contribution in [2.24, 2.45) is 0 Å². The van der Waals surface area contributed by atoms with Gasteiger partial charge in [0.2, 0.25) is 0 Å². The predicted octanol–water partition coefficient (Wildman–Crippen LogP) is 4.61. The smallest absolute Gasteiger partial charge is 0.335 e. The van der Waals surface area contributed by atoms with Gasteiger partial charge in [-0.05, 0) is 43.7 Å². The van der Waals surface area contributed by atoms with Crippen LogP contribution in [0.15, 0.2) is 46.9 Å². The van der Waals surface area contributed by atoms with Gasteiger partial charge in [-0.3, -0.25) is 0 Å². The lowest BCUT2D eigenvalue weighted by molar-refractivity contribution is 0.0697. The first kappa shape index (κ1) is 14.6. The molecule has 0 heterocycles. The average Bonchev–Trinajstić information content (AvgIpc) is 2.41. The lowest BCUT2D eigenvalue weighted by atomic mass is 10.1. The van der Waals surface area contributed by atoms with E-state index in [4.69, 9.17) is 0 Å². The van der Waals surface area contributed by atoms with Crippen LogP contribution >= 0.6 is 15.9 Å². The largest absolute Gasteiger partial charge is 0.478 e. The Balaban J connectivity index is 2.52. The molecule has 0 atom stereocenters. The molecule has 0 unspecified atom stereocenters. The molecule has 2 aromatic carbocycles. The standard InChI is InChI=1S/C16H16BrNO2/c1-3-18(15-7-5-4-6-11(15)2)14-9-12(16(19)20)8-13(17)10-14/h4-10H,3H2,1-2H3,(H,19,20). The van der Waals surface area contributed by atoms with Gasteiger partial charge < -0.3 is 10.0 Å². The number of hydrogen-bond acceptors (Lipinski definition) is 2. The molecule has 0 aliphatic heterocycles. The minimum atomic E-state index is -0.923. The van der Waals surface area contributed by atoms with Crippen LogP contribution in [0.2, 0.25) is 0 Å². The van der Waals surface area contributed by atoms with Crippen molar-refractivity contribution in [2.45, 2.75) is 13.8 Å². The fraction of sp³-hybridized carbons (Fsp3) is 0.188. The Morgan fingerprint density at radius 1 is 1.25 bits per heavy atom. The van der Waals surface area contributed by atoms with E-state index in [0.29, 0.717) is 0 Å². The van der Waals surface area contributed by atoms with Gasteiger partial charge in [-0.15, -0.1) is 0 Å². The molecule has 0 radical (unpaired) electrons. The van der Waals surface area contributed by atoms with Crippen molar-refractivity contribution >= 4 is 33.3 Å². The molecule has 3 nitrogen and oxygen atoms in total. The number of anilines is 2. The molecule has 0 aromatic heterocycles. The van der Waals surface area contributed by atoms with Crippen LogP contribution in [0.1, 0.15) is 22.8 Å². The monoisotopic (exact) mass is 333 g/mol. The van der Waals surface area contributed by atoms with E-state index >= 15 is 0 Å². The van der Waals surface area contributed by atoms with Crippen LogP contribution in [0.4, 0.5) is 11.4 Å². The van der Waals surface area contributed by atoms with Gasteiger partial charge in [0.15, 0.2) is 0 Å². The maximum absolute atomic E-state index is 11.2. The second-order valence-electron chi connectivity index (χ2n) is 4.53. The van der Waals surface area contributed by atoms with Crippen molar-refractivity contribution in [3.05, 3.63) is 58.1 Å². The van der Waals surface area contributed by atoms with Crippen LogP contribution in [0.3, 0.4) is 0 Å². The normalized spacial score (nSPS) is 10.3. The number of hydrogen-bond donors (Lipinski definition) is 1. The zero-order valence-electron chi connectivity index (χ0n) is 11.4. The number of rotatable bonds is 4. The number of aromatic carboxylic acids is 1. The lowest BCUT2D eigenvalue weighted by Crippen LogP contribution is -2.17. The highest BCUT2D eigenvalue weighted by atomic mass is 79.9. The molecule has 0 saturated heterocycles. The number of para-hydroxylation sites is 1. The molecule has 0 aliphatic rings. The summed E-state index contributed by atoms with van der Waals surface area (Å²) in [5.41, 5.74) is 3.39. The minimum absolute atomic E-state index is 0.279. The first-order valence-corrected chi connectivity index (χ1v) is 7.19. The van der Waals surface area contributed by atoms with Crippen molar-refractivity contribution < 1.29 is 9.90 Å². The van der Waals surface area contributed by atoms with Crippen LogP contribution < -0.4 is 4.90 Å². The summed E-state index contributed by atoms with van der Waals surface area (Å²) in [5, 5.41) is 9.17. The van der Waals surface area contributed by atoms with E-state index in [1.165, 1.54) is 0 Å². The fourth-order valence-electron chi connectivity index (χ4n) is 2.21. The van der Waals surface area contributed by atoms with Gasteiger partial charge in [0.25, 0.3) is 0 Å². The van der Waals surface area contributed by atoms with Gasteiger partial charge in [0.1, 0.15) is 0 Å². The minimum Gasteiger partial charge on any atom is -0.478 e.